The number of hydrogen-bond acceptors (Lipinski definition) is 2. The van der Waals surface area contributed by atoms with Crippen LogP contribution in [0, 0.1) is 13.8 Å². The predicted octanol–water partition coefficient (Wildman–Crippen LogP) is 5.03. The van der Waals surface area contributed by atoms with E-state index >= 15 is 0 Å². The molecule has 1 aromatic heterocycles. The van der Waals surface area contributed by atoms with Crippen molar-refractivity contribution in [1.29, 1.82) is 0 Å². The van der Waals surface area contributed by atoms with Crippen LogP contribution in [-0.2, 0) is 11.2 Å². The highest BCUT2D eigenvalue weighted by Gasteiger charge is 2.13. The average Bonchev–Trinajstić information content (AvgIpc) is 3.04. The highest BCUT2D eigenvalue weighted by Crippen LogP contribution is 2.32. The van der Waals surface area contributed by atoms with Gasteiger partial charge in [-0.3, -0.25) is 9.89 Å². The smallest absolute Gasteiger partial charge is 0.230 e. The van der Waals surface area contributed by atoms with E-state index in [1.54, 1.807) is 0 Å². The second-order valence-corrected chi connectivity index (χ2v) is 6.81. The minimum absolute atomic E-state index is 0.0763. The van der Waals surface area contributed by atoms with Crippen molar-refractivity contribution in [2.24, 2.45) is 0 Å². The third kappa shape index (κ3) is 3.47. The van der Waals surface area contributed by atoms with Gasteiger partial charge in [0, 0.05) is 5.39 Å². The number of H-pyrrole nitrogens is 1. The zero-order valence-corrected chi connectivity index (χ0v) is 15.4. The molecule has 0 spiro atoms. The molecule has 0 aliphatic rings. The van der Waals surface area contributed by atoms with Gasteiger partial charge in [0.25, 0.3) is 0 Å². The number of aryl methyl sites for hydroxylation is 2. The number of carbonyl (C=O) groups excluding carboxylic acids is 1. The molecule has 27 heavy (non-hydrogen) atoms. The van der Waals surface area contributed by atoms with E-state index in [9.17, 15) is 4.79 Å². The summed E-state index contributed by atoms with van der Waals surface area (Å²) in [5.41, 5.74) is 6.63. The normalized spacial score (nSPS) is 10.9. The topological polar surface area (TPSA) is 57.8 Å². The number of hydrogen-bond donors (Lipinski definition) is 2. The van der Waals surface area contributed by atoms with E-state index in [2.05, 4.69) is 53.6 Å². The second-order valence-electron chi connectivity index (χ2n) is 6.81. The molecule has 0 fully saturated rings. The molecule has 4 aromatic rings. The first-order valence-electron chi connectivity index (χ1n) is 9.00. The lowest BCUT2D eigenvalue weighted by atomic mass is 9.95. The van der Waals surface area contributed by atoms with Crippen LogP contribution in [0.2, 0.25) is 0 Å². The van der Waals surface area contributed by atoms with Gasteiger partial charge in [-0.2, -0.15) is 5.10 Å². The highest BCUT2D eigenvalue weighted by atomic mass is 16.1. The lowest BCUT2D eigenvalue weighted by Gasteiger charge is -2.10. The molecule has 0 bridgehead atoms. The number of benzene rings is 3. The van der Waals surface area contributed by atoms with Gasteiger partial charge in [0.05, 0.1) is 11.9 Å². The first-order chi connectivity index (χ1) is 13.1. The summed E-state index contributed by atoms with van der Waals surface area (Å²) >= 11 is 0. The van der Waals surface area contributed by atoms with E-state index in [1.807, 2.05) is 42.5 Å². The van der Waals surface area contributed by atoms with Crippen molar-refractivity contribution in [2.75, 3.05) is 5.32 Å². The van der Waals surface area contributed by atoms with Crippen LogP contribution in [-0.4, -0.2) is 16.1 Å². The molecule has 0 saturated heterocycles. The van der Waals surface area contributed by atoms with Crippen molar-refractivity contribution in [1.82, 2.24) is 10.2 Å². The Balaban J connectivity index is 1.67. The Morgan fingerprint density at radius 3 is 2.44 bits per heavy atom. The molecule has 0 radical (unpaired) electrons. The van der Waals surface area contributed by atoms with Crippen LogP contribution in [0.4, 0.5) is 5.82 Å². The van der Waals surface area contributed by atoms with Gasteiger partial charge in [-0.1, -0.05) is 54.6 Å². The third-order valence-electron chi connectivity index (χ3n) is 4.81. The Labute approximate surface area is 158 Å². The summed E-state index contributed by atoms with van der Waals surface area (Å²) < 4.78 is 0. The molecule has 4 heteroatoms. The quantitative estimate of drug-likeness (QED) is 0.539. The molecule has 1 heterocycles. The Morgan fingerprint density at radius 2 is 1.67 bits per heavy atom. The Hall–Kier alpha value is -3.40. The zero-order chi connectivity index (χ0) is 18.8. The largest absolute Gasteiger partial charge is 0.308 e. The van der Waals surface area contributed by atoms with Crippen molar-refractivity contribution in [3.63, 3.8) is 0 Å². The van der Waals surface area contributed by atoms with Crippen molar-refractivity contribution < 1.29 is 4.79 Å². The van der Waals surface area contributed by atoms with Crippen molar-refractivity contribution in [3.8, 4) is 11.1 Å². The Morgan fingerprint density at radius 1 is 0.926 bits per heavy atom. The van der Waals surface area contributed by atoms with E-state index in [0.717, 1.165) is 22.0 Å². The fourth-order valence-electron chi connectivity index (χ4n) is 3.39. The van der Waals surface area contributed by atoms with Crippen LogP contribution in [0.3, 0.4) is 0 Å². The lowest BCUT2D eigenvalue weighted by Crippen LogP contribution is -2.14. The van der Waals surface area contributed by atoms with Gasteiger partial charge in [0.15, 0.2) is 5.82 Å². The number of aromatic amines is 1. The van der Waals surface area contributed by atoms with Crippen LogP contribution in [0.1, 0.15) is 16.7 Å². The second kappa shape index (κ2) is 7.08. The van der Waals surface area contributed by atoms with Crippen molar-refractivity contribution in [2.45, 2.75) is 20.3 Å². The molecule has 0 saturated carbocycles. The molecular formula is C23H21N3O. The third-order valence-corrected chi connectivity index (χ3v) is 4.81. The lowest BCUT2D eigenvalue weighted by molar-refractivity contribution is -0.115. The van der Waals surface area contributed by atoms with Crippen LogP contribution >= 0.6 is 0 Å². The first-order valence-corrected chi connectivity index (χ1v) is 9.00. The number of carbonyl (C=O) groups is 1. The van der Waals surface area contributed by atoms with Crippen molar-refractivity contribution in [3.05, 3.63) is 83.4 Å². The number of rotatable bonds is 4. The predicted molar refractivity (Wildman–Crippen MR) is 110 cm³/mol. The van der Waals surface area contributed by atoms with E-state index in [1.165, 1.54) is 16.7 Å². The summed E-state index contributed by atoms with van der Waals surface area (Å²) in [5, 5.41) is 11.2. The van der Waals surface area contributed by atoms with E-state index in [0.29, 0.717) is 12.2 Å². The van der Waals surface area contributed by atoms with Gasteiger partial charge in [0.1, 0.15) is 0 Å². The van der Waals surface area contributed by atoms with Gasteiger partial charge >= 0.3 is 0 Å². The van der Waals surface area contributed by atoms with Gasteiger partial charge < -0.3 is 5.32 Å². The van der Waals surface area contributed by atoms with Crippen LogP contribution in [0.5, 0.6) is 0 Å². The van der Waals surface area contributed by atoms with E-state index in [-0.39, 0.29) is 5.91 Å². The van der Waals surface area contributed by atoms with Gasteiger partial charge in [-0.05, 0) is 53.8 Å². The molecule has 134 valence electrons. The number of nitrogens with zero attached hydrogens (tertiary/aromatic N) is 1. The molecular weight excluding hydrogens is 334 g/mol. The number of aromatic nitrogens is 2. The molecule has 0 atom stereocenters. The Bertz CT molecular complexity index is 1110. The summed E-state index contributed by atoms with van der Waals surface area (Å²) in [7, 11) is 0. The zero-order valence-electron chi connectivity index (χ0n) is 15.4. The van der Waals surface area contributed by atoms with Gasteiger partial charge in [-0.15, -0.1) is 0 Å². The molecule has 0 aliphatic heterocycles. The fourth-order valence-corrected chi connectivity index (χ4v) is 3.39. The summed E-state index contributed by atoms with van der Waals surface area (Å²) in [4.78, 5) is 12.4. The highest BCUT2D eigenvalue weighted by molar-refractivity contribution is 6.02. The number of amides is 1. The fraction of sp³-hybridized carbons (Fsp3) is 0.130. The number of anilines is 1. The monoisotopic (exact) mass is 355 g/mol. The SMILES string of the molecule is Cc1ccccc1-c1cc2c(NC(=O)Cc3ccccc3)n[nH]c2cc1C. The molecule has 0 aliphatic carbocycles. The molecule has 0 unspecified atom stereocenters. The van der Waals surface area contributed by atoms with Crippen LogP contribution in [0.15, 0.2) is 66.7 Å². The summed E-state index contributed by atoms with van der Waals surface area (Å²) in [5.74, 6) is 0.494. The van der Waals surface area contributed by atoms with E-state index < -0.39 is 0 Å². The maximum Gasteiger partial charge on any atom is 0.230 e. The molecule has 3 aromatic carbocycles. The molecule has 1 amide bonds. The van der Waals surface area contributed by atoms with Gasteiger partial charge in [0.2, 0.25) is 5.91 Å². The minimum Gasteiger partial charge on any atom is -0.308 e. The molecule has 4 nitrogen and oxygen atoms in total. The van der Waals surface area contributed by atoms with Crippen molar-refractivity contribution >= 4 is 22.6 Å². The molecule has 2 N–H and O–H groups in total. The average molecular weight is 355 g/mol. The van der Waals surface area contributed by atoms with Gasteiger partial charge in [-0.25, -0.2) is 0 Å². The standard InChI is InChI=1S/C23H21N3O/c1-15-8-6-7-11-18(15)19-14-20-21(12-16(19)2)25-26-23(20)24-22(27)13-17-9-4-3-5-10-17/h3-12,14H,13H2,1-2H3,(H2,24,25,26,27). The van der Waals surface area contributed by atoms with Crippen LogP contribution in [0.25, 0.3) is 22.0 Å². The Kier molecular flexibility index (Phi) is 4.47. The summed E-state index contributed by atoms with van der Waals surface area (Å²) in [6, 6.07) is 22.2. The summed E-state index contributed by atoms with van der Waals surface area (Å²) in [6.45, 7) is 4.20. The maximum absolute atomic E-state index is 12.4. The van der Waals surface area contributed by atoms with E-state index in [4.69, 9.17) is 0 Å². The number of fused-ring (bicyclic) bond motifs is 1. The minimum atomic E-state index is -0.0763. The number of nitrogens with one attached hydrogen (secondary N) is 2. The maximum atomic E-state index is 12.4. The first kappa shape index (κ1) is 17.0. The molecule has 4 rings (SSSR count). The van der Waals surface area contributed by atoms with Crippen LogP contribution < -0.4 is 5.32 Å². The summed E-state index contributed by atoms with van der Waals surface area (Å²) in [6.07, 6.45) is 0.325.